The number of phenolic OH excluding ortho intramolecular Hbond substituents is 1. The summed E-state index contributed by atoms with van der Waals surface area (Å²) in [7, 11) is 2.21. The van der Waals surface area contributed by atoms with E-state index >= 15 is 0 Å². The average molecular weight is 448 g/mol. The fraction of sp³-hybridized carbons (Fsp3) is 0.619. The molecule has 0 saturated carbocycles. The first-order valence-corrected chi connectivity index (χ1v) is 9.90. The number of nitrogens with zero attached hydrogens (tertiary/aromatic N) is 1. The van der Waals surface area contributed by atoms with Crippen LogP contribution in [0.5, 0.6) is 5.75 Å². The van der Waals surface area contributed by atoms with Gasteiger partial charge in [-0.15, -0.1) is 12.4 Å². The number of halogens is 1. The molecule has 8 nitrogen and oxygen atoms in total. The third-order valence-electron chi connectivity index (χ3n) is 5.16. The first-order valence-electron chi connectivity index (χ1n) is 9.90. The largest absolute Gasteiger partial charge is 0.508 e. The summed E-state index contributed by atoms with van der Waals surface area (Å²) < 4.78 is 0. The lowest BCUT2D eigenvalue weighted by Crippen LogP contribution is -2.37. The molecule has 0 aliphatic carbocycles. The number of phenols is 1. The van der Waals surface area contributed by atoms with E-state index in [1.54, 1.807) is 19.9 Å². The molecule has 9 heteroatoms. The van der Waals surface area contributed by atoms with Gasteiger partial charge in [-0.3, -0.25) is 4.79 Å². The Kier molecular flexibility index (Phi) is 15.0. The van der Waals surface area contributed by atoms with Crippen molar-refractivity contribution in [2.45, 2.75) is 57.9 Å². The number of likely N-dealkylation sites (tertiary alicyclic amines) is 1. The molecule has 1 aliphatic rings. The third kappa shape index (κ3) is 11.2. The number of primary amides is 1. The van der Waals surface area contributed by atoms with E-state index in [0.29, 0.717) is 5.75 Å². The van der Waals surface area contributed by atoms with Crippen LogP contribution in [-0.2, 0) is 10.2 Å². The lowest BCUT2D eigenvalue weighted by molar-refractivity contribution is -0.139. The van der Waals surface area contributed by atoms with Crippen LogP contribution in [0, 0.1) is 5.92 Å². The lowest BCUT2D eigenvalue weighted by atomic mass is 9.74. The van der Waals surface area contributed by atoms with Gasteiger partial charge >= 0.3 is 12.1 Å². The average Bonchev–Trinajstić information content (AvgIpc) is 2.83. The van der Waals surface area contributed by atoms with Crippen LogP contribution in [0.25, 0.3) is 0 Å². The van der Waals surface area contributed by atoms with Gasteiger partial charge in [0.25, 0.3) is 0 Å². The number of aromatic hydroxyl groups is 1. The Morgan fingerprint density at radius 2 is 1.80 bits per heavy atom. The van der Waals surface area contributed by atoms with Crippen molar-refractivity contribution in [2.75, 3.05) is 20.1 Å². The van der Waals surface area contributed by atoms with Gasteiger partial charge in [-0.2, -0.15) is 0 Å². The van der Waals surface area contributed by atoms with Crippen LogP contribution in [0.15, 0.2) is 24.3 Å². The summed E-state index contributed by atoms with van der Waals surface area (Å²) in [5.74, 6) is -0.519. The number of hydrogen-bond acceptors (Lipinski definition) is 5. The minimum Gasteiger partial charge on any atom is -0.508 e. The summed E-state index contributed by atoms with van der Waals surface area (Å²) >= 11 is 0. The molecule has 1 fully saturated rings. The molecule has 1 amide bonds. The van der Waals surface area contributed by atoms with Crippen molar-refractivity contribution >= 4 is 24.5 Å². The molecule has 2 rings (SSSR count). The predicted molar refractivity (Wildman–Crippen MR) is 121 cm³/mol. The van der Waals surface area contributed by atoms with Crippen molar-refractivity contribution in [3.05, 3.63) is 29.8 Å². The van der Waals surface area contributed by atoms with Crippen LogP contribution in [0.2, 0.25) is 0 Å². The molecule has 7 N–H and O–H groups in total. The highest BCUT2D eigenvalue weighted by atomic mass is 35.5. The van der Waals surface area contributed by atoms with Gasteiger partial charge in [-0.1, -0.05) is 39.3 Å². The van der Waals surface area contributed by atoms with Gasteiger partial charge in [0.15, 0.2) is 0 Å². The van der Waals surface area contributed by atoms with Crippen LogP contribution < -0.4 is 11.5 Å². The maximum Gasteiger partial charge on any atom is 0.402 e. The highest BCUT2D eigenvalue weighted by molar-refractivity contribution is 5.85. The van der Waals surface area contributed by atoms with Crippen LogP contribution in [-0.4, -0.2) is 58.5 Å². The summed E-state index contributed by atoms with van der Waals surface area (Å²) in [4.78, 5) is 21.2. The molecule has 1 aromatic rings. The van der Waals surface area contributed by atoms with Gasteiger partial charge in [0.2, 0.25) is 0 Å². The van der Waals surface area contributed by atoms with Crippen molar-refractivity contribution in [1.82, 2.24) is 4.90 Å². The third-order valence-corrected chi connectivity index (χ3v) is 5.16. The molecule has 30 heavy (non-hydrogen) atoms. The zero-order chi connectivity index (χ0) is 22.6. The van der Waals surface area contributed by atoms with Crippen molar-refractivity contribution in [1.29, 1.82) is 0 Å². The first kappa shape index (κ1) is 30.2. The number of rotatable bonds is 4. The van der Waals surface area contributed by atoms with Gasteiger partial charge in [0.05, 0.1) is 0 Å². The Morgan fingerprint density at radius 3 is 2.20 bits per heavy atom. The number of aliphatic carboxylic acids is 1. The van der Waals surface area contributed by atoms with Gasteiger partial charge in [0.1, 0.15) is 11.8 Å². The smallest absolute Gasteiger partial charge is 0.402 e. The van der Waals surface area contributed by atoms with Crippen molar-refractivity contribution < 1.29 is 24.9 Å². The quantitative estimate of drug-likeness (QED) is 0.475. The van der Waals surface area contributed by atoms with E-state index in [-0.39, 0.29) is 23.7 Å². The van der Waals surface area contributed by atoms with Gasteiger partial charge in [-0.25, -0.2) is 4.79 Å². The lowest BCUT2D eigenvalue weighted by Gasteiger charge is -2.35. The van der Waals surface area contributed by atoms with E-state index in [9.17, 15) is 9.90 Å². The summed E-state index contributed by atoms with van der Waals surface area (Å²) in [6, 6.07) is 7.13. The Labute approximate surface area is 185 Å². The maximum atomic E-state index is 10.0. The second-order valence-corrected chi connectivity index (χ2v) is 7.83. The molecular formula is C21H38ClN3O5. The zero-order valence-electron chi connectivity index (χ0n) is 18.4. The maximum absolute atomic E-state index is 10.0. The number of benzene rings is 1. The molecule has 0 spiro atoms. The van der Waals surface area contributed by atoms with E-state index in [4.69, 9.17) is 20.7 Å². The van der Waals surface area contributed by atoms with Gasteiger partial charge in [-0.05, 0) is 56.5 Å². The minimum absolute atomic E-state index is 0. The molecule has 2 atom stereocenters. The minimum atomic E-state index is -1.33. The molecule has 1 unspecified atom stereocenters. The van der Waals surface area contributed by atoms with Crippen molar-refractivity contribution in [3.63, 3.8) is 0 Å². The van der Waals surface area contributed by atoms with Crippen molar-refractivity contribution in [2.24, 2.45) is 17.4 Å². The molecule has 1 aliphatic heterocycles. The molecule has 174 valence electrons. The number of carboxylic acids is 1. The molecular weight excluding hydrogens is 410 g/mol. The second-order valence-electron chi connectivity index (χ2n) is 7.83. The van der Waals surface area contributed by atoms with Gasteiger partial charge in [0, 0.05) is 12.0 Å². The SMILES string of the molecule is CC(C)[C@H](N)C(=O)O.CCC1(c2cccc(O)c2)CCCCN(C)C1.Cl.NC(=O)O. The first-order chi connectivity index (χ1) is 13.4. The monoisotopic (exact) mass is 447 g/mol. The highest BCUT2D eigenvalue weighted by Crippen LogP contribution is 2.37. The van der Waals surface area contributed by atoms with Gasteiger partial charge < -0.3 is 31.7 Å². The number of carboxylic acid groups (broad SMARTS) is 2. The fourth-order valence-corrected chi connectivity index (χ4v) is 3.37. The second kappa shape index (κ2) is 14.9. The molecule has 1 aromatic carbocycles. The fourth-order valence-electron chi connectivity index (χ4n) is 3.37. The Hall–Kier alpha value is -2.03. The zero-order valence-corrected chi connectivity index (χ0v) is 19.2. The van der Waals surface area contributed by atoms with E-state index in [1.807, 2.05) is 12.1 Å². The number of amides is 1. The van der Waals surface area contributed by atoms with Crippen LogP contribution in [0.3, 0.4) is 0 Å². The normalized spacial score (nSPS) is 19.7. The molecule has 0 aromatic heterocycles. The Bertz CT molecular complexity index is 641. The molecule has 1 heterocycles. The van der Waals surface area contributed by atoms with E-state index in [2.05, 4.69) is 30.7 Å². The van der Waals surface area contributed by atoms with E-state index in [1.165, 1.54) is 31.4 Å². The summed E-state index contributed by atoms with van der Waals surface area (Å²) in [6.07, 6.45) is 3.61. The van der Waals surface area contributed by atoms with Crippen LogP contribution in [0.4, 0.5) is 4.79 Å². The van der Waals surface area contributed by atoms with Crippen LogP contribution in [0.1, 0.15) is 52.0 Å². The Morgan fingerprint density at radius 1 is 1.23 bits per heavy atom. The number of likely N-dealkylation sites (N-methyl/N-ethyl adjacent to an activating group) is 1. The van der Waals surface area contributed by atoms with E-state index < -0.39 is 18.1 Å². The Balaban J connectivity index is 0. The number of nitrogens with two attached hydrogens (primary N) is 2. The summed E-state index contributed by atoms with van der Waals surface area (Å²) in [5, 5.41) is 25.1. The molecule has 0 bridgehead atoms. The standard InChI is InChI=1S/C15H23NO.C5H11NO2.CH3NO2.ClH/c1-3-15(9-4-5-10-16(2)12-15)13-7-6-8-14(17)11-13;1-3(2)4(6)5(7)8;2-1(3)4;/h6-8,11,17H,3-5,9-10,12H2,1-2H3;3-4H,6H2,1-2H3,(H,7,8);2H2,(H,3,4);1H/t;4-;;/m.0../s1. The van der Waals surface area contributed by atoms with E-state index in [0.717, 1.165) is 13.0 Å². The highest BCUT2D eigenvalue weighted by Gasteiger charge is 2.33. The predicted octanol–water partition coefficient (Wildman–Crippen LogP) is 3.25. The van der Waals surface area contributed by atoms with Crippen LogP contribution >= 0.6 is 12.4 Å². The summed E-state index contributed by atoms with van der Waals surface area (Å²) in [5.41, 5.74) is 10.7. The number of carbonyl (C=O) groups is 2. The van der Waals surface area contributed by atoms with Crippen molar-refractivity contribution in [3.8, 4) is 5.75 Å². The molecule has 1 saturated heterocycles. The summed E-state index contributed by atoms with van der Waals surface area (Å²) in [6.45, 7) is 8.12. The number of hydrogen-bond donors (Lipinski definition) is 5. The topological polar surface area (TPSA) is 150 Å². The molecule has 0 radical (unpaired) electrons.